The van der Waals surface area contributed by atoms with E-state index >= 15 is 0 Å². The predicted octanol–water partition coefficient (Wildman–Crippen LogP) is 3.31. The smallest absolute Gasteiger partial charge is 0.211 e. The van der Waals surface area contributed by atoms with Crippen LogP contribution < -0.4 is 5.73 Å². The Bertz CT molecular complexity index is 808. The fourth-order valence-corrected chi connectivity index (χ4v) is 3.68. The van der Waals surface area contributed by atoms with Crippen molar-refractivity contribution in [3.8, 4) is 18.2 Å². The van der Waals surface area contributed by atoms with E-state index in [9.17, 15) is 15.8 Å². The Kier molecular flexibility index (Phi) is 4.86. The van der Waals surface area contributed by atoms with Gasteiger partial charge < -0.3 is 10.5 Å². The van der Waals surface area contributed by atoms with Crippen molar-refractivity contribution >= 4 is 23.4 Å². The first kappa shape index (κ1) is 16.8. The summed E-state index contributed by atoms with van der Waals surface area (Å²) >= 11 is 7.26. The van der Waals surface area contributed by atoms with Crippen LogP contribution in [0.4, 0.5) is 0 Å². The molecule has 1 heterocycles. The molecule has 7 heteroatoms. The van der Waals surface area contributed by atoms with Crippen molar-refractivity contribution in [2.75, 3.05) is 5.75 Å². The molecule has 0 spiro atoms. The number of rotatable bonds is 3. The number of halogens is 1. The summed E-state index contributed by atoms with van der Waals surface area (Å²) < 4.78 is 5.81. The molecule has 0 amide bonds. The average molecular weight is 343 g/mol. The van der Waals surface area contributed by atoms with Gasteiger partial charge in [0.1, 0.15) is 29.4 Å². The number of hydrogen-bond donors (Lipinski definition) is 1. The first-order valence-corrected chi connectivity index (χ1v) is 7.94. The Labute approximate surface area is 143 Å². The molecule has 0 saturated heterocycles. The van der Waals surface area contributed by atoms with Gasteiger partial charge in [0.25, 0.3) is 0 Å². The lowest BCUT2D eigenvalue weighted by molar-refractivity contribution is 0.134. The first-order valence-electron chi connectivity index (χ1n) is 6.58. The molecule has 0 bridgehead atoms. The van der Waals surface area contributed by atoms with Crippen LogP contribution in [0.2, 0.25) is 5.02 Å². The molecule has 1 unspecified atom stereocenters. The van der Waals surface area contributed by atoms with Gasteiger partial charge in [-0.1, -0.05) is 30.7 Å². The second-order valence-corrected chi connectivity index (χ2v) is 6.36. The highest BCUT2D eigenvalue weighted by Crippen LogP contribution is 2.53. The van der Waals surface area contributed by atoms with E-state index in [0.29, 0.717) is 16.3 Å². The van der Waals surface area contributed by atoms with Crippen LogP contribution in [0.15, 0.2) is 46.9 Å². The normalized spacial score (nSPS) is 19.5. The van der Waals surface area contributed by atoms with Crippen molar-refractivity contribution < 1.29 is 4.74 Å². The van der Waals surface area contributed by atoms with E-state index in [1.165, 1.54) is 11.8 Å². The fourth-order valence-electron chi connectivity index (χ4n) is 2.34. The summed E-state index contributed by atoms with van der Waals surface area (Å²) in [5.41, 5.74) is 6.50. The molecule has 114 valence electrons. The molecule has 1 aliphatic heterocycles. The number of hydrogen-bond acceptors (Lipinski definition) is 6. The van der Waals surface area contributed by atoms with Crippen LogP contribution in [0.5, 0.6) is 0 Å². The molecule has 1 aromatic carbocycles. The third-order valence-corrected chi connectivity index (χ3v) is 4.71. The van der Waals surface area contributed by atoms with Crippen LogP contribution in [0.3, 0.4) is 0 Å². The lowest BCUT2D eigenvalue weighted by Crippen LogP contribution is -2.26. The minimum absolute atomic E-state index is 0.0130. The number of ether oxygens (including phenoxy) is 1. The van der Waals surface area contributed by atoms with Gasteiger partial charge in [0.15, 0.2) is 0 Å². The zero-order valence-corrected chi connectivity index (χ0v) is 13.7. The van der Waals surface area contributed by atoms with Gasteiger partial charge in [-0.2, -0.15) is 15.8 Å². The molecule has 23 heavy (non-hydrogen) atoms. The van der Waals surface area contributed by atoms with Crippen molar-refractivity contribution in [3.63, 3.8) is 0 Å². The summed E-state index contributed by atoms with van der Waals surface area (Å²) in [4.78, 5) is -1.21. The molecule has 0 fully saturated rings. The Hall–Kier alpha value is -2.59. The topological polar surface area (TPSA) is 107 Å². The van der Waals surface area contributed by atoms with Crippen molar-refractivity contribution in [2.45, 2.75) is 11.9 Å². The molecule has 2 rings (SSSR count). The fraction of sp³-hybridized carbons (Fsp3) is 0.188. The average Bonchev–Trinajstić information content (AvgIpc) is 2.82. The highest BCUT2D eigenvalue weighted by molar-refractivity contribution is 8.00. The Balaban J connectivity index is 2.81. The highest BCUT2D eigenvalue weighted by atomic mass is 35.5. The summed E-state index contributed by atoms with van der Waals surface area (Å²) in [6, 6.07) is 12.4. The maximum atomic E-state index is 9.39. The molecule has 1 aromatic rings. The van der Waals surface area contributed by atoms with Gasteiger partial charge in [0.05, 0.1) is 5.57 Å². The van der Waals surface area contributed by atoms with Gasteiger partial charge in [-0.05, 0) is 17.9 Å². The maximum Gasteiger partial charge on any atom is 0.211 e. The zero-order chi connectivity index (χ0) is 17.0. The number of benzene rings is 1. The summed E-state index contributed by atoms with van der Waals surface area (Å²) in [6.45, 7) is 1.91. The van der Waals surface area contributed by atoms with E-state index < -0.39 is 4.93 Å². The second kappa shape index (κ2) is 6.67. The van der Waals surface area contributed by atoms with Crippen molar-refractivity contribution in [1.29, 1.82) is 15.8 Å². The van der Waals surface area contributed by atoms with Gasteiger partial charge in [-0.15, -0.1) is 11.8 Å². The molecular formula is C16H11ClN4OS. The van der Waals surface area contributed by atoms with Crippen LogP contribution in [-0.4, -0.2) is 5.75 Å². The van der Waals surface area contributed by atoms with E-state index in [1.54, 1.807) is 24.3 Å². The van der Waals surface area contributed by atoms with E-state index in [-0.39, 0.29) is 22.6 Å². The van der Waals surface area contributed by atoms with Gasteiger partial charge in [0, 0.05) is 10.6 Å². The van der Waals surface area contributed by atoms with E-state index in [1.807, 2.05) is 25.1 Å². The molecule has 0 aliphatic carbocycles. The summed E-state index contributed by atoms with van der Waals surface area (Å²) in [6.07, 6.45) is 0. The Morgan fingerprint density at radius 3 is 2.35 bits per heavy atom. The van der Waals surface area contributed by atoms with Crippen LogP contribution in [0.1, 0.15) is 12.5 Å². The van der Waals surface area contributed by atoms with Crippen molar-refractivity contribution in [3.05, 3.63) is 57.5 Å². The zero-order valence-electron chi connectivity index (χ0n) is 12.1. The first-order chi connectivity index (χ1) is 11.0. The Morgan fingerprint density at radius 2 is 1.87 bits per heavy atom. The van der Waals surface area contributed by atoms with Crippen LogP contribution >= 0.6 is 23.4 Å². The number of thioether (sulfide) groups is 1. The molecule has 5 nitrogen and oxygen atoms in total. The van der Waals surface area contributed by atoms with Crippen LogP contribution in [0, 0.1) is 34.0 Å². The minimum atomic E-state index is -1.21. The minimum Gasteiger partial charge on any atom is -0.452 e. The highest BCUT2D eigenvalue weighted by Gasteiger charge is 2.49. The third kappa shape index (κ3) is 2.73. The second-order valence-electron chi connectivity index (χ2n) is 4.48. The summed E-state index contributed by atoms with van der Waals surface area (Å²) in [5, 5.41) is 28.5. The number of nitrogens with zero attached hydrogens (tertiary/aromatic N) is 3. The maximum absolute atomic E-state index is 9.39. The number of nitriles is 3. The lowest BCUT2D eigenvalue weighted by atomic mass is 9.93. The van der Waals surface area contributed by atoms with Gasteiger partial charge >= 0.3 is 0 Å². The van der Waals surface area contributed by atoms with Gasteiger partial charge in [-0.3, -0.25) is 0 Å². The SMILES string of the molecule is CCSC1(c2ccc(Cl)cc2)OC(N)=C(C#N)C1=C(C#N)C#N. The van der Waals surface area contributed by atoms with Crippen LogP contribution in [0.25, 0.3) is 0 Å². The summed E-state index contributed by atoms with van der Waals surface area (Å²) in [5.74, 6) is 0.517. The van der Waals surface area contributed by atoms with Gasteiger partial charge in [-0.25, -0.2) is 0 Å². The molecule has 0 radical (unpaired) electrons. The van der Waals surface area contributed by atoms with E-state index in [2.05, 4.69) is 0 Å². The number of nitrogens with two attached hydrogens (primary N) is 1. The van der Waals surface area contributed by atoms with E-state index in [0.717, 1.165) is 0 Å². The predicted molar refractivity (Wildman–Crippen MR) is 87.4 cm³/mol. The van der Waals surface area contributed by atoms with Crippen LogP contribution in [-0.2, 0) is 9.67 Å². The standard InChI is InChI=1S/C16H11ClN4OS/c1-2-23-16(11-3-5-12(17)6-4-11)14(10(7-18)8-19)13(9-20)15(21)22-16/h3-6H,2,21H2,1H3. The molecule has 2 N–H and O–H groups in total. The van der Waals surface area contributed by atoms with E-state index in [4.69, 9.17) is 22.1 Å². The number of allylic oxidation sites excluding steroid dienone is 1. The molecule has 1 atom stereocenters. The summed E-state index contributed by atoms with van der Waals surface area (Å²) in [7, 11) is 0. The van der Waals surface area contributed by atoms with Crippen molar-refractivity contribution in [1.82, 2.24) is 0 Å². The quantitative estimate of drug-likeness (QED) is 0.844. The Morgan fingerprint density at radius 1 is 1.26 bits per heavy atom. The molecule has 0 saturated carbocycles. The molecular weight excluding hydrogens is 332 g/mol. The van der Waals surface area contributed by atoms with Gasteiger partial charge in [0.2, 0.25) is 10.8 Å². The van der Waals surface area contributed by atoms with Crippen molar-refractivity contribution in [2.24, 2.45) is 5.73 Å². The lowest BCUT2D eigenvalue weighted by Gasteiger charge is -2.30. The largest absolute Gasteiger partial charge is 0.452 e. The molecule has 1 aliphatic rings. The molecule has 0 aromatic heterocycles. The monoisotopic (exact) mass is 342 g/mol. The third-order valence-electron chi connectivity index (χ3n) is 3.24.